The summed E-state index contributed by atoms with van der Waals surface area (Å²) in [4.78, 5) is 8.65. The number of halogens is 3. The maximum Gasteiger partial charge on any atom is 0.151 e. The summed E-state index contributed by atoms with van der Waals surface area (Å²) in [6, 6.07) is 14.3. The van der Waals surface area contributed by atoms with Crippen LogP contribution in [0.5, 0.6) is 5.75 Å². The van der Waals surface area contributed by atoms with Crippen molar-refractivity contribution in [2.24, 2.45) is 0 Å². The molecule has 1 aliphatic heterocycles. The van der Waals surface area contributed by atoms with Crippen LogP contribution >= 0.6 is 11.6 Å². The first-order chi connectivity index (χ1) is 20.7. The molecule has 0 saturated carbocycles. The van der Waals surface area contributed by atoms with Crippen LogP contribution in [-0.2, 0) is 26.8 Å². The fourth-order valence-electron chi connectivity index (χ4n) is 4.87. The second-order valence-electron chi connectivity index (χ2n) is 10.2. The Kier molecular flexibility index (Phi) is 9.43. The van der Waals surface area contributed by atoms with E-state index < -0.39 is 21.3 Å². The molecule has 226 valence electrons. The minimum absolute atomic E-state index is 0.0381. The van der Waals surface area contributed by atoms with Gasteiger partial charge in [0.2, 0.25) is 0 Å². The van der Waals surface area contributed by atoms with Crippen LogP contribution in [0.15, 0.2) is 73.3 Å². The van der Waals surface area contributed by atoms with Gasteiger partial charge < -0.3 is 20.1 Å². The van der Waals surface area contributed by atoms with Crippen LogP contribution in [-0.4, -0.2) is 43.0 Å². The van der Waals surface area contributed by atoms with Gasteiger partial charge in [0, 0.05) is 47.8 Å². The van der Waals surface area contributed by atoms with Gasteiger partial charge in [-0.15, -0.1) is 0 Å². The van der Waals surface area contributed by atoms with Gasteiger partial charge >= 0.3 is 0 Å². The van der Waals surface area contributed by atoms with Crippen LogP contribution in [0.3, 0.4) is 0 Å². The van der Waals surface area contributed by atoms with Crippen molar-refractivity contribution in [3.63, 3.8) is 0 Å². The Labute approximate surface area is 254 Å². The summed E-state index contributed by atoms with van der Waals surface area (Å²) in [5.41, 5.74) is 1.09. The molecule has 0 bridgehead atoms. The third kappa shape index (κ3) is 7.41. The maximum atomic E-state index is 15.5. The molecule has 1 aliphatic rings. The van der Waals surface area contributed by atoms with E-state index >= 15 is 4.39 Å². The molecular weight excluding hydrogens is 598 g/mol. The predicted molar refractivity (Wildman–Crippen MR) is 163 cm³/mol. The predicted octanol–water partition coefficient (Wildman–Crippen LogP) is 6.43. The highest BCUT2D eigenvalue weighted by atomic mass is 35.5. The van der Waals surface area contributed by atoms with Gasteiger partial charge in [-0.1, -0.05) is 30.7 Å². The molecule has 0 fully saturated rings. The molecule has 5 rings (SSSR count). The molecule has 0 aliphatic carbocycles. The summed E-state index contributed by atoms with van der Waals surface area (Å²) in [6.07, 6.45) is 5.61. The van der Waals surface area contributed by atoms with Crippen molar-refractivity contribution >= 4 is 43.8 Å². The van der Waals surface area contributed by atoms with E-state index in [0.717, 1.165) is 0 Å². The number of fused-ring (bicyclic) bond motifs is 1. The number of hydrogen-bond donors (Lipinski definition) is 2. The number of aromatic nitrogens is 2. The molecule has 0 radical (unpaired) electrons. The molecule has 1 aromatic heterocycles. The van der Waals surface area contributed by atoms with Crippen LogP contribution < -0.4 is 15.4 Å². The Balaban J connectivity index is 1.34. The van der Waals surface area contributed by atoms with Gasteiger partial charge in [-0.05, 0) is 54.6 Å². The van der Waals surface area contributed by atoms with E-state index in [9.17, 15) is 12.8 Å². The van der Waals surface area contributed by atoms with Crippen LogP contribution in [0.2, 0.25) is 5.02 Å². The number of nitrogens with one attached hydrogen (secondary N) is 2. The summed E-state index contributed by atoms with van der Waals surface area (Å²) >= 11 is 6.48. The minimum Gasteiger partial charge on any atom is -0.490 e. The number of hydrogen-bond acceptors (Lipinski definition) is 8. The zero-order valence-corrected chi connectivity index (χ0v) is 25.0. The first kappa shape index (κ1) is 30.7. The van der Waals surface area contributed by atoms with E-state index in [1.165, 1.54) is 24.5 Å². The molecule has 8 nitrogen and oxygen atoms in total. The molecular formula is C31H31ClF2N4O4S. The van der Waals surface area contributed by atoms with Gasteiger partial charge in [-0.25, -0.2) is 27.2 Å². The van der Waals surface area contributed by atoms with Crippen molar-refractivity contribution < 1.29 is 26.7 Å². The van der Waals surface area contributed by atoms with Crippen LogP contribution in [0.25, 0.3) is 10.9 Å². The van der Waals surface area contributed by atoms with Crippen molar-refractivity contribution in [2.45, 2.75) is 32.0 Å². The van der Waals surface area contributed by atoms with Gasteiger partial charge in [0.15, 0.2) is 9.84 Å². The number of rotatable bonds is 13. The molecule has 12 heteroatoms. The van der Waals surface area contributed by atoms with E-state index in [-0.39, 0.29) is 23.9 Å². The Bertz CT molecular complexity index is 1750. The lowest BCUT2D eigenvalue weighted by molar-refractivity contribution is 0.0296. The van der Waals surface area contributed by atoms with Gasteiger partial charge in [0.05, 0.1) is 22.6 Å². The van der Waals surface area contributed by atoms with Crippen LogP contribution in [0.1, 0.15) is 30.9 Å². The number of ether oxygens (including phenoxy) is 2. The fourth-order valence-corrected chi connectivity index (χ4v) is 5.85. The zero-order chi connectivity index (χ0) is 30.5. The molecule has 1 atom stereocenters. The summed E-state index contributed by atoms with van der Waals surface area (Å²) < 4.78 is 64.3. The standard InChI is InChI=1S/C31H31ClF2N4O4S/c1-2-43(39,40)14-12-35-11-10-31(9-4-13-42-31)25-17-24-28(18-27(25)34)36-20-37-30(24)38-23-7-8-29(26(32)16-23)41-19-21-5-3-6-22(33)15-21/h3-8,13,15-18,20,35H,2,9-12,14,19H2,1H3,(H,36,37,38). The maximum absolute atomic E-state index is 15.5. The SMILES string of the molecule is CCS(=O)(=O)CCNCCC1(c2cc3c(Nc4ccc(OCc5cccc(F)c5)c(Cl)c4)ncnc3cc2F)CC=CO1. The lowest BCUT2D eigenvalue weighted by atomic mass is 9.86. The zero-order valence-electron chi connectivity index (χ0n) is 23.4. The molecule has 4 aromatic rings. The lowest BCUT2D eigenvalue weighted by Gasteiger charge is -2.30. The molecule has 2 heterocycles. The largest absolute Gasteiger partial charge is 0.490 e. The quantitative estimate of drug-likeness (QED) is 0.163. The molecule has 43 heavy (non-hydrogen) atoms. The Morgan fingerprint density at radius 3 is 2.70 bits per heavy atom. The third-order valence-electron chi connectivity index (χ3n) is 7.27. The number of anilines is 2. The molecule has 3 aromatic carbocycles. The van der Waals surface area contributed by atoms with Crippen molar-refractivity contribution in [1.29, 1.82) is 0 Å². The van der Waals surface area contributed by atoms with E-state index in [0.29, 0.717) is 70.2 Å². The Morgan fingerprint density at radius 2 is 1.95 bits per heavy atom. The first-order valence-electron chi connectivity index (χ1n) is 13.8. The van der Waals surface area contributed by atoms with Crippen molar-refractivity contribution in [3.8, 4) is 5.75 Å². The molecule has 0 spiro atoms. The van der Waals surface area contributed by atoms with E-state index in [1.54, 1.807) is 49.6 Å². The summed E-state index contributed by atoms with van der Waals surface area (Å²) in [5, 5.41) is 7.30. The summed E-state index contributed by atoms with van der Waals surface area (Å²) in [7, 11) is -3.08. The smallest absolute Gasteiger partial charge is 0.151 e. The second-order valence-corrected chi connectivity index (χ2v) is 13.1. The summed E-state index contributed by atoms with van der Waals surface area (Å²) in [5.74, 6) is 0.202. The monoisotopic (exact) mass is 628 g/mol. The van der Waals surface area contributed by atoms with Crippen molar-refractivity contribution in [3.05, 3.63) is 101 Å². The topological polar surface area (TPSA) is 102 Å². The molecule has 0 saturated heterocycles. The van der Waals surface area contributed by atoms with Gasteiger partial charge in [-0.3, -0.25) is 0 Å². The van der Waals surface area contributed by atoms with E-state index in [1.807, 2.05) is 6.08 Å². The Morgan fingerprint density at radius 1 is 1.09 bits per heavy atom. The minimum atomic E-state index is -3.08. The van der Waals surface area contributed by atoms with Gasteiger partial charge in [0.1, 0.15) is 41.7 Å². The van der Waals surface area contributed by atoms with Crippen LogP contribution in [0, 0.1) is 11.6 Å². The average Bonchev–Trinajstić information content (AvgIpc) is 3.46. The molecule has 2 N–H and O–H groups in total. The van der Waals surface area contributed by atoms with Crippen molar-refractivity contribution in [2.75, 3.05) is 29.9 Å². The second kappa shape index (κ2) is 13.2. The number of nitrogens with zero attached hydrogens (tertiary/aromatic N) is 2. The third-order valence-corrected chi connectivity index (χ3v) is 9.27. The Hall–Kier alpha value is -3.80. The lowest BCUT2D eigenvalue weighted by Crippen LogP contribution is -2.33. The molecule has 1 unspecified atom stereocenters. The highest BCUT2D eigenvalue weighted by Crippen LogP contribution is 2.41. The normalized spacial score (nSPS) is 16.4. The highest BCUT2D eigenvalue weighted by molar-refractivity contribution is 7.91. The van der Waals surface area contributed by atoms with Crippen LogP contribution in [0.4, 0.5) is 20.3 Å². The van der Waals surface area contributed by atoms with Gasteiger partial charge in [0.25, 0.3) is 0 Å². The van der Waals surface area contributed by atoms with Crippen molar-refractivity contribution in [1.82, 2.24) is 15.3 Å². The highest BCUT2D eigenvalue weighted by Gasteiger charge is 2.38. The van der Waals surface area contributed by atoms with E-state index in [4.69, 9.17) is 21.1 Å². The number of sulfone groups is 1. The van der Waals surface area contributed by atoms with E-state index in [2.05, 4.69) is 20.6 Å². The number of benzene rings is 3. The first-order valence-corrected chi connectivity index (χ1v) is 16.0. The molecule has 0 amide bonds. The average molecular weight is 629 g/mol. The van der Waals surface area contributed by atoms with Gasteiger partial charge in [-0.2, -0.15) is 0 Å². The fraction of sp³-hybridized carbons (Fsp3) is 0.290. The summed E-state index contributed by atoms with van der Waals surface area (Å²) in [6.45, 7) is 2.51.